The second-order valence-electron chi connectivity index (χ2n) is 5.54. The highest BCUT2D eigenvalue weighted by Gasteiger charge is 2.29. The molecule has 2 aromatic heterocycles. The molecule has 7 nitrogen and oxygen atoms in total. The fourth-order valence-electron chi connectivity index (χ4n) is 2.79. The van der Waals surface area contributed by atoms with Crippen LogP contribution < -0.4 is 0 Å². The molecule has 3 heterocycles. The first-order chi connectivity index (χ1) is 10.1. The quantitative estimate of drug-likeness (QED) is 0.922. The smallest absolute Gasteiger partial charge is 0.247 e. The molecule has 0 radical (unpaired) electrons. The number of carbonyl (C=O) groups is 1. The molecular weight excluding hydrogens is 268 g/mol. The third kappa shape index (κ3) is 2.81. The molecule has 1 fully saturated rings. The second-order valence-corrected chi connectivity index (χ2v) is 5.54. The molecular formula is C14H20N6O. The van der Waals surface area contributed by atoms with Crippen LogP contribution in [0.25, 0.3) is 0 Å². The van der Waals surface area contributed by atoms with Crippen molar-refractivity contribution in [3.63, 3.8) is 0 Å². The number of piperidine rings is 1. The van der Waals surface area contributed by atoms with E-state index in [9.17, 15) is 4.79 Å². The summed E-state index contributed by atoms with van der Waals surface area (Å²) in [6.07, 6.45) is 5.34. The van der Waals surface area contributed by atoms with Gasteiger partial charge in [-0.3, -0.25) is 14.6 Å². The van der Waals surface area contributed by atoms with Gasteiger partial charge < -0.3 is 4.90 Å². The summed E-state index contributed by atoms with van der Waals surface area (Å²) >= 11 is 0. The van der Waals surface area contributed by atoms with Crippen molar-refractivity contribution in [2.45, 2.75) is 38.6 Å². The monoisotopic (exact) mass is 288 g/mol. The van der Waals surface area contributed by atoms with E-state index in [0.717, 1.165) is 37.6 Å². The first kappa shape index (κ1) is 13.8. The molecule has 1 saturated heterocycles. The average Bonchev–Trinajstić information content (AvgIpc) is 3.17. The highest BCUT2D eigenvalue weighted by Crippen LogP contribution is 2.26. The molecule has 2 aromatic rings. The summed E-state index contributed by atoms with van der Waals surface area (Å²) in [5.74, 6) is 2.19. The van der Waals surface area contributed by atoms with Crippen LogP contribution in [0, 0.1) is 6.92 Å². The number of aromatic amines is 1. The van der Waals surface area contributed by atoms with Gasteiger partial charge in [0.1, 0.15) is 11.9 Å². The van der Waals surface area contributed by atoms with Crippen LogP contribution in [0.1, 0.15) is 43.4 Å². The molecule has 0 aromatic carbocycles. The summed E-state index contributed by atoms with van der Waals surface area (Å²) in [5, 5.41) is 11.3. The lowest BCUT2D eigenvalue weighted by Gasteiger charge is -2.32. The Balaban J connectivity index is 1.59. The zero-order chi connectivity index (χ0) is 14.8. The van der Waals surface area contributed by atoms with E-state index in [-0.39, 0.29) is 11.9 Å². The number of carbonyl (C=O) groups excluding carboxylic acids is 1. The van der Waals surface area contributed by atoms with Crippen LogP contribution >= 0.6 is 0 Å². The fourth-order valence-corrected chi connectivity index (χ4v) is 2.79. The van der Waals surface area contributed by atoms with E-state index in [1.54, 1.807) is 10.9 Å². The van der Waals surface area contributed by atoms with Crippen molar-refractivity contribution < 1.29 is 4.79 Å². The minimum absolute atomic E-state index is 0.128. The van der Waals surface area contributed by atoms with E-state index in [2.05, 4.69) is 20.3 Å². The Bertz CT molecular complexity index is 597. The predicted octanol–water partition coefficient (Wildman–Crippen LogP) is 1.28. The van der Waals surface area contributed by atoms with Gasteiger partial charge in [0.2, 0.25) is 5.91 Å². The van der Waals surface area contributed by atoms with Crippen LogP contribution in [-0.2, 0) is 4.79 Å². The van der Waals surface area contributed by atoms with Gasteiger partial charge in [-0.15, -0.1) is 0 Å². The molecule has 1 amide bonds. The van der Waals surface area contributed by atoms with Crippen LogP contribution in [0.3, 0.4) is 0 Å². The number of aromatic nitrogens is 5. The molecule has 1 aliphatic rings. The molecule has 21 heavy (non-hydrogen) atoms. The third-order valence-corrected chi connectivity index (χ3v) is 4.07. The molecule has 1 N–H and O–H groups in total. The number of amides is 1. The van der Waals surface area contributed by atoms with Gasteiger partial charge in [0.05, 0.1) is 0 Å². The summed E-state index contributed by atoms with van der Waals surface area (Å²) in [6.45, 7) is 5.30. The summed E-state index contributed by atoms with van der Waals surface area (Å²) in [6, 6.07) is 1.59. The van der Waals surface area contributed by atoms with E-state index in [4.69, 9.17) is 0 Å². The van der Waals surface area contributed by atoms with E-state index in [1.807, 2.05) is 31.0 Å². The van der Waals surface area contributed by atoms with Crippen molar-refractivity contribution in [3.05, 3.63) is 30.1 Å². The molecule has 0 bridgehead atoms. The lowest BCUT2D eigenvalue weighted by atomic mass is 9.96. The predicted molar refractivity (Wildman–Crippen MR) is 76.6 cm³/mol. The van der Waals surface area contributed by atoms with Crippen molar-refractivity contribution in [2.24, 2.45) is 0 Å². The zero-order valence-corrected chi connectivity index (χ0v) is 12.4. The summed E-state index contributed by atoms with van der Waals surface area (Å²) in [4.78, 5) is 18.8. The van der Waals surface area contributed by atoms with Gasteiger partial charge in [0.25, 0.3) is 0 Å². The molecule has 112 valence electrons. The first-order valence-corrected chi connectivity index (χ1v) is 7.32. The van der Waals surface area contributed by atoms with E-state index in [0.29, 0.717) is 5.92 Å². The van der Waals surface area contributed by atoms with Gasteiger partial charge in [0, 0.05) is 31.4 Å². The van der Waals surface area contributed by atoms with Gasteiger partial charge in [0.15, 0.2) is 5.82 Å². The van der Waals surface area contributed by atoms with Crippen LogP contribution in [-0.4, -0.2) is 48.9 Å². The number of H-pyrrole nitrogens is 1. The molecule has 0 saturated carbocycles. The molecule has 1 aliphatic heterocycles. The van der Waals surface area contributed by atoms with Gasteiger partial charge >= 0.3 is 0 Å². The highest BCUT2D eigenvalue weighted by molar-refractivity contribution is 5.80. The Kier molecular flexibility index (Phi) is 3.72. The number of nitrogens with zero attached hydrogens (tertiary/aromatic N) is 5. The number of hydrogen-bond donors (Lipinski definition) is 1. The minimum Gasteiger partial charge on any atom is -0.341 e. The maximum Gasteiger partial charge on any atom is 0.247 e. The SMILES string of the molecule is Cc1nc(C2CCN(C(=O)C(C)n3cccn3)CC2)n[nH]1. The van der Waals surface area contributed by atoms with Crippen molar-refractivity contribution in [1.29, 1.82) is 0 Å². The van der Waals surface area contributed by atoms with Crippen molar-refractivity contribution in [3.8, 4) is 0 Å². The topological polar surface area (TPSA) is 79.7 Å². The number of nitrogens with one attached hydrogen (secondary N) is 1. The normalized spacial score (nSPS) is 17.9. The molecule has 3 rings (SSSR count). The first-order valence-electron chi connectivity index (χ1n) is 7.32. The zero-order valence-electron chi connectivity index (χ0n) is 12.4. The third-order valence-electron chi connectivity index (χ3n) is 4.07. The van der Waals surface area contributed by atoms with E-state index >= 15 is 0 Å². The number of likely N-dealkylation sites (tertiary alicyclic amines) is 1. The van der Waals surface area contributed by atoms with E-state index in [1.165, 1.54) is 0 Å². The maximum atomic E-state index is 12.5. The fraction of sp³-hybridized carbons (Fsp3) is 0.571. The Hall–Kier alpha value is -2.18. The van der Waals surface area contributed by atoms with E-state index < -0.39 is 0 Å². The highest BCUT2D eigenvalue weighted by atomic mass is 16.2. The Labute approximate surface area is 123 Å². The molecule has 0 spiro atoms. The number of hydrogen-bond acceptors (Lipinski definition) is 4. The second kappa shape index (κ2) is 5.67. The standard InChI is InChI=1S/C14H20N6O/c1-10(20-7-3-6-15-20)14(21)19-8-4-12(5-9-19)13-16-11(2)17-18-13/h3,6-7,10,12H,4-5,8-9H2,1-2H3,(H,16,17,18). The van der Waals surface area contributed by atoms with Gasteiger partial charge in [-0.2, -0.15) is 10.2 Å². The van der Waals surface area contributed by atoms with Gasteiger partial charge in [-0.05, 0) is 32.8 Å². The minimum atomic E-state index is -0.248. The maximum absolute atomic E-state index is 12.5. The Morgan fingerprint density at radius 2 is 2.19 bits per heavy atom. The van der Waals surface area contributed by atoms with Crippen molar-refractivity contribution >= 4 is 5.91 Å². The van der Waals surface area contributed by atoms with Crippen molar-refractivity contribution in [1.82, 2.24) is 29.9 Å². The molecule has 0 aliphatic carbocycles. The molecule has 1 atom stereocenters. The summed E-state index contributed by atoms with van der Waals surface area (Å²) < 4.78 is 1.70. The largest absolute Gasteiger partial charge is 0.341 e. The summed E-state index contributed by atoms with van der Waals surface area (Å²) in [7, 11) is 0. The van der Waals surface area contributed by atoms with Crippen LogP contribution in [0.4, 0.5) is 0 Å². The Morgan fingerprint density at radius 1 is 1.43 bits per heavy atom. The molecule has 7 heteroatoms. The van der Waals surface area contributed by atoms with Crippen LogP contribution in [0.15, 0.2) is 18.5 Å². The Morgan fingerprint density at radius 3 is 2.76 bits per heavy atom. The summed E-state index contributed by atoms with van der Waals surface area (Å²) in [5.41, 5.74) is 0. The average molecular weight is 288 g/mol. The number of aryl methyl sites for hydroxylation is 1. The van der Waals surface area contributed by atoms with Gasteiger partial charge in [-0.1, -0.05) is 0 Å². The number of rotatable bonds is 3. The van der Waals surface area contributed by atoms with Crippen LogP contribution in [0.2, 0.25) is 0 Å². The van der Waals surface area contributed by atoms with Gasteiger partial charge in [-0.25, -0.2) is 4.98 Å². The molecule has 1 unspecified atom stereocenters. The lowest BCUT2D eigenvalue weighted by molar-refractivity contribution is -0.135. The lowest BCUT2D eigenvalue weighted by Crippen LogP contribution is -2.41. The van der Waals surface area contributed by atoms with Crippen LogP contribution in [0.5, 0.6) is 0 Å². The van der Waals surface area contributed by atoms with Crippen molar-refractivity contribution in [2.75, 3.05) is 13.1 Å².